The van der Waals surface area contributed by atoms with E-state index in [2.05, 4.69) is 26.8 Å². The first-order valence-electron chi connectivity index (χ1n) is 6.82. The quantitative estimate of drug-likeness (QED) is 0.813. The van der Waals surface area contributed by atoms with Crippen molar-refractivity contribution in [3.63, 3.8) is 0 Å². The fourth-order valence-electron chi connectivity index (χ4n) is 1.97. The molecule has 1 aromatic rings. The Bertz CT molecular complexity index is 446. The number of carbonyl (C=O) groups excluding carboxylic acids is 1. The van der Waals surface area contributed by atoms with Gasteiger partial charge in [-0.15, -0.1) is 0 Å². The number of benzene rings is 1. The summed E-state index contributed by atoms with van der Waals surface area (Å²) in [5.74, 6) is 0.580. The topological polar surface area (TPSA) is 55.8 Å². The lowest BCUT2D eigenvalue weighted by molar-refractivity contribution is -0.144. The molecular weight excluding hydrogens is 256 g/mol. The first kappa shape index (κ1) is 16.5. The number of esters is 1. The smallest absolute Gasteiger partial charge is 0.306 e. The van der Waals surface area contributed by atoms with Gasteiger partial charge in [-0.3, -0.25) is 4.79 Å². The van der Waals surface area contributed by atoms with E-state index in [1.54, 1.807) is 7.11 Å². The van der Waals surface area contributed by atoms with Crippen LogP contribution in [0.15, 0.2) is 18.2 Å². The van der Waals surface area contributed by atoms with Crippen molar-refractivity contribution in [2.75, 3.05) is 20.3 Å². The number of ether oxygens (including phenoxy) is 2. The van der Waals surface area contributed by atoms with Gasteiger partial charge in [-0.25, -0.2) is 0 Å². The second-order valence-electron chi connectivity index (χ2n) is 5.73. The highest BCUT2D eigenvalue weighted by Crippen LogP contribution is 2.32. The van der Waals surface area contributed by atoms with Gasteiger partial charge in [-0.1, -0.05) is 32.9 Å². The van der Waals surface area contributed by atoms with Gasteiger partial charge < -0.3 is 14.6 Å². The number of rotatable bonds is 6. The molecule has 0 heterocycles. The van der Waals surface area contributed by atoms with E-state index in [9.17, 15) is 4.79 Å². The zero-order valence-corrected chi connectivity index (χ0v) is 12.7. The molecule has 1 rings (SSSR count). The molecule has 20 heavy (non-hydrogen) atoms. The molecule has 0 saturated carbocycles. The van der Waals surface area contributed by atoms with Gasteiger partial charge in [-0.05, 0) is 29.0 Å². The highest BCUT2D eigenvalue weighted by atomic mass is 16.5. The molecule has 1 N–H and O–H groups in total. The van der Waals surface area contributed by atoms with Gasteiger partial charge in [0.1, 0.15) is 12.4 Å². The van der Waals surface area contributed by atoms with Crippen LogP contribution < -0.4 is 4.74 Å². The zero-order chi connectivity index (χ0) is 15.2. The van der Waals surface area contributed by atoms with Crippen molar-refractivity contribution >= 4 is 5.97 Å². The Balaban J connectivity index is 2.75. The van der Waals surface area contributed by atoms with Gasteiger partial charge in [0.25, 0.3) is 0 Å². The van der Waals surface area contributed by atoms with E-state index >= 15 is 0 Å². The molecule has 0 aliphatic rings. The van der Waals surface area contributed by atoms with Gasteiger partial charge >= 0.3 is 5.97 Å². The van der Waals surface area contributed by atoms with Crippen molar-refractivity contribution in [1.29, 1.82) is 0 Å². The van der Waals surface area contributed by atoms with Crippen molar-refractivity contribution in [1.82, 2.24) is 0 Å². The van der Waals surface area contributed by atoms with E-state index in [-0.39, 0.29) is 24.6 Å². The van der Waals surface area contributed by atoms with Crippen LogP contribution in [0.25, 0.3) is 0 Å². The lowest BCUT2D eigenvalue weighted by Gasteiger charge is -2.23. The maximum absolute atomic E-state index is 11.4. The highest BCUT2D eigenvalue weighted by Gasteiger charge is 2.19. The minimum absolute atomic E-state index is 0.0151. The summed E-state index contributed by atoms with van der Waals surface area (Å²) >= 11 is 0. The van der Waals surface area contributed by atoms with E-state index < -0.39 is 0 Å². The van der Waals surface area contributed by atoms with E-state index in [0.29, 0.717) is 12.8 Å². The van der Waals surface area contributed by atoms with Crippen LogP contribution in [0, 0.1) is 0 Å². The fraction of sp³-hybridized carbons (Fsp3) is 0.562. The molecule has 0 atom stereocenters. The number of aryl methyl sites for hydroxylation is 1. The summed E-state index contributed by atoms with van der Waals surface area (Å²) in [5, 5.41) is 8.59. The van der Waals surface area contributed by atoms with E-state index in [1.807, 2.05) is 12.1 Å². The van der Waals surface area contributed by atoms with Crippen LogP contribution in [0.1, 0.15) is 38.3 Å². The predicted octanol–water partition coefficient (Wildman–Crippen LogP) is 2.46. The van der Waals surface area contributed by atoms with Crippen molar-refractivity contribution in [2.24, 2.45) is 0 Å². The number of hydrogen-bond donors (Lipinski definition) is 1. The van der Waals surface area contributed by atoms with Gasteiger partial charge in [-0.2, -0.15) is 0 Å². The van der Waals surface area contributed by atoms with Crippen LogP contribution >= 0.6 is 0 Å². The summed E-state index contributed by atoms with van der Waals surface area (Å²) < 4.78 is 10.2. The van der Waals surface area contributed by atoms with E-state index in [4.69, 9.17) is 14.6 Å². The third-order valence-electron chi connectivity index (χ3n) is 3.04. The molecule has 0 aromatic heterocycles. The van der Waals surface area contributed by atoms with Crippen molar-refractivity contribution in [3.05, 3.63) is 29.3 Å². The van der Waals surface area contributed by atoms with Crippen LogP contribution in [-0.4, -0.2) is 31.4 Å². The van der Waals surface area contributed by atoms with Gasteiger partial charge in [0.2, 0.25) is 0 Å². The van der Waals surface area contributed by atoms with Gasteiger partial charge in [0.15, 0.2) is 0 Å². The van der Waals surface area contributed by atoms with Crippen LogP contribution in [0.3, 0.4) is 0 Å². The SMILES string of the molecule is COc1ccc(CCC(=O)OCCO)cc1C(C)(C)C. The maximum atomic E-state index is 11.4. The van der Waals surface area contributed by atoms with Crippen LogP contribution in [0.2, 0.25) is 0 Å². The molecule has 0 fully saturated rings. The Morgan fingerprint density at radius 1 is 1.30 bits per heavy atom. The van der Waals surface area contributed by atoms with Crippen molar-refractivity contribution < 1.29 is 19.4 Å². The standard InChI is InChI=1S/C16H24O4/c1-16(2,3)13-11-12(5-7-14(13)19-4)6-8-15(18)20-10-9-17/h5,7,11,17H,6,8-10H2,1-4H3. The molecule has 0 aliphatic carbocycles. The predicted molar refractivity (Wildman–Crippen MR) is 78.1 cm³/mol. The average molecular weight is 280 g/mol. The molecule has 0 amide bonds. The number of hydrogen-bond acceptors (Lipinski definition) is 4. The summed E-state index contributed by atoms with van der Waals surface area (Å²) in [7, 11) is 1.66. The van der Waals surface area contributed by atoms with Crippen LogP contribution in [-0.2, 0) is 21.4 Å². The molecule has 112 valence electrons. The first-order chi connectivity index (χ1) is 9.38. The summed E-state index contributed by atoms with van der Waals surface area (Å²) in [6.45, 7) is 6.32. The number of carbonyl (C=O) groups is 1. The fourth-order valence-corrected chi connectivity index (χ4v) is 1.97. The zero-order valence-electron chi connectivity index (χ0n) is 12.7. The molecular formula is C16H24O4. The maximum Gasteiger partial charge on any atom is 0.306 e. The molecule has 4 nitrogen and oxygen atoms in total. The highest BCUT2D eigenvalue weighted by molar-refractivity contribution is 5.69. The number of methoxy groups -OCH3 is 1. The summed E-state index contributed by atoms with van der Waals surface area (Å²) in [5.41, 5.74) is 2.19. The van der Waals surface area contributed by atoms with Crippen LogP contribution in [0.5, 0.6) is 5.75 Å². The third-order valence-corrected chi connectivity index (χ3v) is 3.04. The van der Waals surface area contributed by atoms with Gasteiger partial charge in [0, 0.05) is 6.42 Å². The average Bonchev–Trinajstić information content (AvgIpc) is 2.41. The summed E-state index contributed by atoms with van der Waals surface area (Å²) in [6.07, 6.45) is 0.938. The molecule has 0 radical (unpaired) electrons. The molecule has 1 aromatic carbocycles. The lowest BCUT2D eigenvalue weighted by atomic mass is 9.85. The molecule has 0 aliphatic heterocycles. The Labute approximate surface area is 120 Å². The molecule has 4 heteroatoms. The molecule has 0 spiro atoms. The van der Waals surface area contributed by atoms with Crippen molar-refractivity contribution in [2.45, 2.75) is 39.0 Å². The Morgan fingerprint density at radius 2 is 2.00 bits per heavy atom. The first-order valence-corrected chi connectivity index (χ1v) is 6.82. The molecule has 0 bridgehead atoms. The van der Waals surface area contributed by atoms with E-state index in [0.717, 1.165) is 16.9 Å². The minimum Gasteiger partial charge on any atom is -0.496 e. The summed E-state index contributed by atoms with van der Waals surface area (Å²) in [4.78, 5) is 11.4. The summed E-state index contributed by atoms with van der Waals surface area (Å²) in [6, 6.07) is 5.99. The second kappa shape index (κ2) is 7.29. The monoisotopic (exact) mass is 280 g/mol. The lowest BCUT2D eigenvalue weighted by Crippen LogP contribution is -2.14. The third kappa shape index (κ3) is 4.85. The second-order valence-corrected chi connectivity index (χ2v) is 5.73. The molecule has 0 saturated heterocycles. The van der Waals surface area contributed by atoms with E-state index in [1.165, 1.54) is 0 Å². The Morgan fingerprint density at radius 3 is 2.55 bits per heavy atom. The Hall–Kier alpha value is -1.55. The normalized spacial score (nSPS) is 11.2. The minimum atomic E-state index is -0.285. The largest absolute Gasteiger partial charge is 0.496 e. The Kier molecular flexibility index (Phi) is 6.02. The molecule has 0 unspecified atom stereocenters. The van der Waals surface area contributed by atoms with Gasteiger partial charge in [0.05, 0.1) is 13.7 Å². The number of aliphatic hydroxyl groups excluding tert-OH is 1. The van der Waals surface area contributed by atoms with Crippen LogP contribution in [0.4, 0.5) is 0 Å². The van der Waals surface area contributed by atoms with Crippen molar-refractivity contribution in [3.8, 4) is 5.75 Å². The number of aliphatic hydroxyl groups is 1.